The van der Waals surface area contributed by atoms with E-state index in [2.05, 4.69) is 32.1 Å². The maximum absolute atomic E-state index is 11.5. The van der Waals surface area contributed by atoms with Gasteiger partial charge in [-0.25, -0.2) is 23.5 Å². The maximum Gasteiger partial charge on any atom is 0.246 e. The van der Waals surface area contributed by atoms with Crippen molar-refractivity contribution >= 4 is 27.0 Å². The number of primary sulfonamides is 1. The molecule has 1 unspecified atom stereocenters. The quantitative estimate of drug-likeness (QED) is 0.568. The molecule has 1 aliphatic carbocycles. The van der Waals surface area contributed by atoms with Crippen LogP contribution in [0.2, 0.25) is 0 Å². The van der Waals surface area contributed by atoms with Crippen molar-refractivity contribution in [3.8, 4) is 17.7 Å². The predicted octanol–water partition coefficient (Wildman–Crippen LogP) is 3.15. The number of fused-ring (bicyclic) bond motifs is 1. The van der Waals surface area contributed by atoms with Gasteiger partial charge < -0.3 is 10.1 Å². The van der Waals surface area contributed by atoms with Crippen LogP contribution >= 0.6 is 0 Å². The number of benzene rings is 1. The van der Waals surface area contributed by atoms with E-state index in [-0.39, 0.29) is 16.5 Å². The fraction of sp³-hybridized carbons (Fsp3) is 0.318. The number of pyridine rings is 1. The number of nitrogens with zero attached hydrogens (tertiary/aromatic N) is 3. The molecule has 8 nitrogen and oxygen atoms in total. The third kappa shape index (κ3) is 4.76. The Balaban J connectivity index is 1.66. The summed E-state index contributed by atoms with van der Waals surface area (Å²) in [5.41, 5.74) is 2.48. The molecule has 2 heterocycles. The van der Waals surface area contributed by atoms with Crippen molar-refractivity contribution in [1.82, 2.24) is 15.0 Å². The van der Waals surface area contributed by atoms with E-state index in [1.165, 1.54) is 12.1 Å². The van der Waals surface area contributed by atoms with Crippen molar-refractivity contribution in [2.45, 2.75) is 50.2 Å². The molecule has 1 aromatic carbocycles. The molecule has 4 rings (SSSR count). The molecule has 0 bridgehead atoms. The number of nitrogens with two attached hydrogens (primary N) is 1. The van der Waals surface area contributed by atoms with Gasteiger partial charge in [0.2, 0.25) is 21.9 Å². The van der Waals surface area contributed by atoms with E-state index in [9.17, 15) is 8.42 Å². The van der Waals surface area contributed by atoms with Gasteiger partial charge in [-0.05, 0) is 69.4 Å². The molecule has 3 aromatic rings. The smallest absolute Gasteiger partial charge is 0.246 e. The summed E-state index contributed by atoms with van der Waals surface area (Å²) >= 11 is 0. The second-order valence-corrected chi connectivity index (χ2v) is 9.39. The van der Waals surface area contributed by atoms with Gasteiger partial charge in [-0.2, -0.15) is 4.98 Å². The molecule has 0 aliphatic heterocycles. The van der Waals surface area contributed by atoms with Crippen LogP contribution in [0, 0.1) is 11.8 Å². The number of hydrogen-bond acceptors (Lipinski definition) is 7. The van der Waals surface area contributed by atoms with Gasteiger partial charge in [0.15, 0.2) is 5.52 Å². The molecular weight excluding hydrogens is 414 g/mol. The van der Waals surface area contributed by atoms with Crippen molar-refractivity contribution < 1.29 is 13.2 Å². The van der Waals surface area contributed by atoms with Gasteiger partial charge >= 0.3 is 0 Å². The van der Waals surface area contributed by atoms with Gasteiger partial charge in [-0.3, -0.25) is 0 Å². The van der Waals surface area contributed by atoms with E-state index in [4.69, 9.17) is 9.88 Å². The molecular formula is C22H23N5O3S. The number of ether oxygens (including phenoxy) is 1. The van der Waals surface area contributed by atoms with Gasteiger partial charge in [0, 0.05) is 0 Å². The number of aromatic nitrogens is 3. The Hall–Kier alpha value is -3.22. The van der Waals surface area contributed by atoms with Crippen LogP contribution in [0.5, 0.6) is 5.88 Å². The van der Waals surface area contributed by atoms with Crippen LogP contribution in [0.1, 0.15) is 50.9 Å². The summed E-state index contributed by atoms with van der Waals surface area (Å²) in [6.07, 6.45) is 1.92. The second-order valence-electron chi connectivity index (χ2n) is 7.82. The first kappa shape index (κ1) is 21.0. The van der Waals surface area contributed by atoms with Gasteiger partial charge in [-0.15, -0.1) is 0 Å². The summed E-state index contributed by atoms with van der Waals surface area (Å²) in [6, 6.07) is 9.85. The maximum atomic E-state index is 11.5. The van der Waals surface area contributed by atoms with E-state index in [0.717, 1.165) is 18.4 Å². The van der Waals surface area contributed by atoms with Crippen LogP contribution in [0.25, 0.3) is 11.0 Å². The molecule has 160 valence electrons. The second kappa shape index (κ2) is 7.80. The van der Waals surface area contributed by atoms with E-state index in [0.29, 0.717) is 28.6 Å². The summed E-state index contributed by atoms with van der Waals surface area (Å²) in [5.74, 6) is 6.61. The zero-order valence-corrected chi connectivity index (χ0v) is 18.3. The minimum atomic E-state index is -3.73. The van der Waals surface area contributed by atoms with Gasteiger partial charge in [0.25, 0.3) is 0 Å². The van der Waals surface area contributed by atoms with Crippen LogP contribution in [0.4, 0.5) is 5.95 Å². The molecule has 1 aliphatic rings. The summed E-state index contributed by atoms with van der Waals surface area (Å²) < 4.78 is 29.1. The Morgan fingerprint density at radius 3 is 2.45 bits per heavy atom. The Morgan fingerprint density at radius 1 is 1.13 bits per heavy atom. The number of sulfonamides is 1. The molecule has 0 radical (unpaired) electrons. The monoisotopic (exact) mass is 437 g/mol. The third-order valence-corrected chi connectivity index (χ3v) is 6.04. The molecule has 0 spiro atoms. The average Bonchev–Trinajstić information content (AvgIpc) is 3.44. The zero-order chi connectivity index (χ0) is 22.2. The van der Waals surface area contributed by atoms with Crippen molar-refractivity contribution in [2.75, 3.05) is 5.32 Å². The van der Waals surface area contributed by atoms with E-state index < -0.39 is 10.0 Å². The van der Waals surface area contributed by atoms with Crippen LogP contribution in [-0.2, 0) is 10.0 Å². The Kier molecular flexibility index (Phi) is 5.29. The highest BCUT2D eigenvalue weighted by Crippen LogP contribution is 2.40. The van der Waals surface area contributed by atoms with E-state index >= 15 is 0 Å². The fourth-order valence-corrected chi connectivity index (χ4v) is 3.57. The van der Waals surface area contributed by atoms with Crippen LogP contribution in [-0.4, -0.2) is 29.0 Å². The standard InChI is InChI=1S/C22H23N5O3S/c1-4-5-16-8-11-18-19(25-16)20(30-22(3)12-13-22)27-21(26-18)24-14(2)15-6-9-17(10-7-15)31(23,28)29/h6-11,14H,12-13H2,1-3H3,(H2,23,28,29)(H,24,26,27). The summed E-state index contributed by atoms with van der Waals surface area (Å²) in [4.78, 5) is 13.8. The molecule has 0 saturated heterocycles. The lowest BCUT2D eigenvalue weighted by Gasteiger charge is -2.18. The molecule has 0 amide bonds. The predicted molar refractivity (Wildman–Crippen MR) is 118 cm³/mol. The third-order valence-electron chi connectivity index (χ3n) is 5.11. The minimum absolute atomic E-state index is 0.0656. The first-order valence-electron chi connectivity index (χ1n) is 9.87. The lowest BCUT2D eigenvalue weighted by Crippen LogP contribution is -2.16. The Labute approximate surface area is 181 Å². The van der Waals surface area contributed by atoms with E-state index in [1.807, 2.05) is 26.0 Å². The highest BCUT2D eigenvalue weighted by Gasteiger charge is 2.41. The average molecular weight is 438 g/mol. The highest BCUT2D eigenvalue weighted by molar-refractivity contribution is 7.89. The molecule has 2 aromatic heterocycles. The first-order valence-corrected chi connectivity index (χ1v) is 11.4. The van der Waals surface area contributed by atoms with Crippen LogP contribution < -0.4 is 15.2 Å². The number of hydrogen-bond donors (Lipinski definition) is 2. The molecule has 1 saturated carbocycles. The molecule has 1 fully saturated rings. The van der Waals surface area contributed by atoms with Crippen molar-refractivity contribution in [2.24, 2.45) is 5.14 Å². The molecule has 9 heteroatoms. The number of nitrogens with one attached hydrogen (secondary N) is 1. The van der Waals surface area contributed by atoms with Crippen LogP contribution in [0.3, 0.4) is 0 Å². The largest absolute Gasteiger partial charge is 0.470 e. The van der Waals surface area contributed by atoms with Gasteiger partial charge in [0.05, 0.1) is 16.5 Å². The lowest BCUT2D eigenvalue weighted by atomic mass is 10.1. The lowest BCUT2D eigenvalue weighted by molar-refractivity contribution is 0.194. The highest BCUT2D eigenvalue weighted by atomic mass is 32.2. The van der Waals surface area contributed by atoms with Crippen molar-refractivity contribution in [3.63, 3.8) is 0 Å². The summed E-state index contributed by atoms with van der Waals surface area (Å²) in [7, 11) is -3.73. The number of anilines is 1. The van der Waals surface area contributed by atoms with Crippen molar-refractivity contribution in [3.05, 3.63) is 47.7 Å². The first-order chi connectivity index (χ1) is 14.7. The van der Waals surface area contributed by atoms with E-state index in [1.54, 1.807) is 19.1 Å². The molecule has 3 N–H and O–H groups in total. The summed E-state index contributed by atoms with van der Waals surface area (Å²) in [5, 5.41) is 8.43. The SMILES string of the molecule is CC#Cc1ccc2nc(NC(C)c3ccc(S(N)(=O)=O)cc3)nc(OC3(C)CC3)c2n1. The zero-order valence-electron chi connectivity index (χ0n) is 17.5. The molecule has 31 heavy (non-hydrogen) atoms. The van der Waals surface area contributed by atoms with Crippen LogP contribution in [0.15, 0.2) is 41.3 Å². The normalized spacial score (nSPS) is 15.6. The van der Waals surface area contributed by atoms with Gasteiger partial charge in [0.1, 0.15) is 11.3 Å². The molecule has 1 atom stereocenters. The van der Waals surface area contributed by atoms with Crippen molar-refractivity contribution in [1.29, 1.82) is 0 Å². The number of rotatable bonds is 6. The minimum Gasteiger partial charge on any atom is -0.470 e. The van der Waals surface area contributed by atoms with Gasteiger partial charge in [-0.1, -0.05) is 18.1 Å². The fourth-order valence-electron chi connectivity index (χ4n) is 3.06. The Bertz CT molecular complexity index is 1310. The topological polar surface area (TPSA) is 120 Å². The Morgan fingerprint density at radius 2 is 1.84 bits per heavy atom. The summed E-state index contributed by atoms with van der Waals surface area (Å²) in [6.45, 7) is 5.73.